The average molecular weight is 271 g/mol. The fourth-order valence-electron chi connectivity index (χ4n) is 1.02. The van der Waals surface area contributed by atoms with Crippen molar-refractivity contribution < 1.29 is 0 Å². The third-order valence-corrected chi connectivity index (χ3v) is 3.61. The van der Waals surface area contributed by atoms with Crippen LogP contribution in [0.25, 0.3) is 0 Å². The molecule has 0 unspecified atom stereocenters. The maximum absolute atomic E-state index is 4.30. The summed E-state index contributed by atoms with van der Waals surface area (Å²) in [5, 5.41) is 0. The Morgan fingerprint density at radius 2 is 1.57 bits per heavy atom. The van der Waals surface area contributed by atoms with Crippen LogP contribution >= 0.6 is 12.4 Å². The molecule has 1 nitrogen and oxygen atoms in total. The van der Waals surface area contributed by atoms with E-state index in [0.717, 1.165) is 0 Å². The predicted octanol–water partition coefficient (Wildman–Crippen LogP) is 1.16. The first-order valence-electron chi connectivity index (χ1n) is 4.09. The van der Waals surface area contributed by atoms with Crippen LogP contribution in [0.1, 0.15) is 0 Å². The number of rotatable bonds is 2. The van der Waals surface area contributed by atoms with Crippen LogP contribution in [0.2, 0.25) is 0 Å². The van der Waals surface area contributed by atoms with Gasteiger partial charge in [0.15, 0.2) is 0 Å². The van der Waals surface area contributed by atoms with E-state index in [1.54, 1.807) is 0 Å². The van der Waals surface area contributed by atoms with Gasteiger partial charge in [-0.2, -0.15) is 0 Å². The summed E-state index contributed by atoms with van der Waals surface area (Å²) in [5.74, 6) is 0. The summed E-state index contributed by atoms with van der Waals surface area (Å²) >= 11 is 0.350. The minimum atomic E-state index is 0. The van der Waals surface area contributed by atoms with Crippen LogP contribution in [-0.2, 0) is 0 Å². The van der Waals surface area contributed by atoms with E-state index in [2.05, 4.69) is 35.3 Å². The fourth-order valence-corrected chi connectivity index (χ4v) is 2.68. The Labute approximate surface area is 96.1 Å². The van der Waals surface area contributed by atoms with Crippen LogP contribution in [0, 0.1) is 0 Å². The molecule has 3 heteroatoms. The topological polar surface area (TPSA) is 12.9 Å². The minimum absolute atomic E-state index is 0. The average Bonchev–Trinajstić information content (AvgIpc) is 2.21. The molecule has 0 saturated heterocycles. The summed E-state index contributed by atoms with van der Waals surface area (Å²) in [7, 11) is 0. The standard InChI is InChI=1S/C11H9NSe.ClH/c1-2-6-10(7-3-1)13-11-8-4-5-9-12-11;/h1-9H;1H. The zero-order valence-electron chi connectivity index (χ0n) is 7.46. The Kier molecular flexibility index (Phi) is 4.67. The number of pyridine rings is 1. The van der Waals surface area contributed by atoms with Gasteiger partial charge in [-0.1, -0.05) is 0 Å². The van der Waals surface area contributed by atoms with Gasteiger partial charge in [-0.15, -0.1) is 12.4 Å². The number of aromatic nitrogens is 1. The summed E-state index contributed by atoms with van der Waals surface area (Å²) in [6.45, 7) is 0. The predicted molar refractivity (Wildman–Crippen MR) is 62.9 cm³/mol. The normalized spacial score (nSPS) is 9.14. The first-order valence-corrected chi connectivity index (χ1v) is 5.80. The van der Waals surface area contributed by atoms with Gasteiger partial charge in [0.1, 0.15) is 0 Å². The van der Waals surface area contributed by atoms with E-state index < -0.39 is 0 Å². The summed E-state index contributed by atoms with van der Waals surface area (Å²) in [5.41, 5.74) is 0. The molecular formula is C11H10ClNSe. The summed E-state index contributed by atoms with van der Waals surface area (Å²) < 4.78 is 2.55. The van der Waals surface area contributed by atoms with Crippen LogP contribution in [0.5, 0.6) is 0 Å². The first-order chi connectivity index (χ1) is 6.45. The third kappa shape index (κ3) is 3.15. The number of halogens is 1. The Morgan fingerprint density at radius 3 is 2.21 bits per heavy atom. The van der Waals surface area contributed by atoms with Crippen molar-refractivity contribution in [3.05, 3.63) is 54.7 Å². The van der Waals surface area contributed by atoms with Gasteiger partial charge in [-0.3, -0.25) is 0 Å². The second kappa shape index (κ2) is 5.81. The van der Waals surface area contributed by atoms with E-state index in [0.29, 0.717) is 15.0 Å². The van der Waals surface area contributed by atoms with Crippen molar-refractivity contribution in [2.24, 2.45) is 0 Å². The Morgan fingerprint density at radius 1 is 0.857 bits per heavy atom. The molecule has 0 aliphatic carbocycles. The van der Waals surface area contributed by atoms with Crippen LogP contribution in [0.3, 0.4) is 0 Å². The molecule has 0 radical (unpaired) electrons. The first kappa shape index (κ1) is 11.3. The van der Waals surface area contributed by atoms with Crippen molar-refractivity contribution >= 4 is 36.4 Å². The van der Waals surface area contributed by atoms with Gasteiger partial charge < -0.3 is 0 Å². The fraction of sp³-hybridized carbons (Fsp3) is 0. The van der Waals surface area contributed by atoms with Crippen LogP contribution in [0.4, 0.5) is 0 Å². The molecule has 0 aliphatic rings. The van der Waals surface area contributed by atoms with E-state index in [9.17, 15) is 0 Å². The van der Waals surface area contributed by atoms with Crippen molar-refractivity contribution in [3.63, 3.8) is 0 Å². The summed E-state index contributed by atoms with van der Waals surface area (Å²) in [4.78, 5) is 4.30. The molecule has 0 N–H and O–H groups in total. The SMILES string of the molecule is Cl.c1ccc([Se]c2ccccn2)cc1. The number of nitrogens with zero attached hydrogens (tertiary/aromatic N) is 1. The molecule has 1 heterocycles. The number of hydrogen-bond acceptors (Lipinski definition) is 1. The van der Waals surface area contributed by atoms with Crippen molar-refractivity contribution in [3.8, 4) is 0 Å². The molecule has 2 rings (SSSR count). The van der Waals surface area contributed by atoms with Gasteiger partial charge in [-0.25, -0.2) is 0 Å². The molecule has 2 aromatic rings. The molecule has 0 saturated carbocycles. The number of hydrogen-bond donors (Lipinski definition) is 0. The second-order valence-corrected chi connectivity index (χ2v) is 4.88. The molecule has 0 fully saturated rings. The van der Waals surface area contributed by atoms with Gasteiger partial charge in [0.2, 0.25) is 0 Å². The Balaban J connectivity index is 0.000000980. The van der Waals surface area contributed by atoms with E-state index >= 15 is 0 Å². The van der Waals surface area contributed by atoms with Gasteiger partial charge in [-0.05, 0) is 0 Å². The van der Waals surface area contributed by atoms with E-state index in [-0.39, 0.29) is 12.4 Å². The zero-order valence-corrected chi connectivity index (χ0v) is 9.99. The summed E-state index contributed by atoms with van der Waals surface area (Å²) in [6, 6.07) is 16.5. The Hall–Kier alpha value is -0.821. The second-order valence-electron chi connectivity index (χ2n) is 2.58. The van der Waals surface area contributed by atoms with E-state index in [1.165, 1.54) is 9.05 Å². The molecule has 0 amide bonds. The maximum atomic E-state index is 4.30. The molecular weight excluding hydrogens is 261 g/mol. The molecule has 0 bridgehead atoms. The van der Waals surface area contributed by atoms with Gasteiger partial charge in [0, 0.05) is 0 Å². The van der Waals surface area contributed by atoms with Gasteiger partial charge in [0.25, 0.3) is 0 Å². The monoisotopic (exact) mass is 271 g/mol. The van der Waals surface area contributed by atoms with Crippen LogP contribution in [-0.4, -0.2) is 19.9 Å². The summed E-state index contributed by atoms with van der Waals surface area (Å²) in [6.07, 6.45) is 1.85. The van der Waals surface area contributed by atoms with E-state index in [1.807, 2.05) is 24.4 Å². The number of benzene rings is 1. The van der Waals surface area contributed by atoms with Crippen molar-refractivity contribution in [2.75, 3.05) is 0 Å². The quantitative estimate of drug-likeness (QED) is 0.747. The molecule has 14 heavy (non-hydrogen) atoms. The van der Waals surface area contributed by atoms with Crippen LogP contribution < -0.4 is 9.05 Å². The van der Waals surface area contributed by atoms with Gasteiger partial charge in [0.05, 0.1) is 0 Å². The van der Waals surface area contributed by atoms with E-state index in [4.69, 9.17) is 0 Å². The molecule has 0 atom stereocenters. The Bertz CT molecular complexity index is 326. The zero-order chi connectivity index (χ0) is 8.93. The molecule has 1 aromatic heterocycles. The third-order valence-electron chi connectivity index (χ3n) is 1.60. The molecule has 1 aromatic carbocycles. The molecule has 0 aliphatic heterocycles. The molecule has 72 valence electrons. The molecule has 0 spiro atoms. The van der Waals surface area contributed by atoms with Gasteiger partial charge >= 0.3 is 83.7 Å². The van der Waals surface area contributed by atoms with Crippen LogP contribution in [0.15, 0.2) is 54.7 Å². The van der Waals surface area contributed by atoms with Crippen molar-refractivity contribution in [1.29, 1.82) is 0 Å². The van der Waals surface area contributed by atoms with Crippen molar-refractivity contribution in [2.45, 2.75) is 0 Å². The van der Waals surface area contributed by atoms with Crippen molar-refractivity contribution in [1.82, 2.24) is 4.98 Å².